The second-order valence-corrected chi connectivity index (χ2v) is 9.20. The maximum Gasteiger partial charge on any atom is 0.416 e. The summed E-state index contributed by atoms with van der Waals surface area (Å²) in [4.78, 5) is 11.5. The van der Waals surface area contributed by atoms with Crippen molar-refractivity contribution in [3.05, 3.63) is 70.8 Å². The molecule has 0 bridgehead atoms. The van der Waals surface area contributed by atoms with E-state index in [0.29, 0.717) is 31.5 Å². The molecule has 1 heterocycles. The second kappa shape index (κ2) is 8.57. The van der Waals surface area contributed by atoms with Crippen LogP contribution >= 0.6 is 0 Å². The van der Waals surface area contributed by atoms with Gasteiger partial charge in [-0.3, -0.25) is 4.79 Å². The lowest BCUT2D eigenvalue weighted by atomic mass is 9.54. The first-order valence-electron chi connectivity index (χ1n) is 10.8. The van der Waals surface area contributed by atoms with Gasteiger partial charge in [0.2, 0.25) is 5.91 Å². The topological polar surface area (TPSA) is 50.4 Å². The van der Waals surface area contributed by atoms with Gasteiger partial charge in [0.1, 0.15) is 0 Å². The number of halogens is 6. The number of carbonyl (C=O) groups excluding carboxylic acids is 1. The smallest absolute Gasteiger partial charge is 0.373 e. The van der Waals surface area contributed by atoms with Crippen molar-refractivity contribution in [2.75, 3.05) is 19.7 Å². The summed E-state index contributed by atoms with van der Waals surface area (Å²) < 4.78 is 85.4. The van der Waals surface area contributed by atoms with Crippen molar-refractivity contribution >= 4 is 5.91 Å². The van der Waals surface area contributed by atoms with Crippen molar-refractivity contribution in [3.8, 4) is 0 Å². The molecule has 1 aliphatic carbocycles. The van der Waals surface area contributed by atoms with Crippen molar-refractivity contribution in [2.24, 2.45) is 0 Å². The molecule has 34 heavy (non-hydrogen) atoms. The van der Waals surface area contributed by atoms with Gasteiger partial charge in [-0.25, -0.2) is 0 Å². The zero-order valence-corrected chi connectivity index (χ0v) is 18.3. The molecule has 0 aromatic heterocycles. The van der Waals surface area contributed by atoms with E-state index in [1.807, 2.05) is 30.3 Å². The fourth-order valence-electron chi connectivity index (χ4n) is 4.93. The van der Waals surface area contributed by atoms with Crippen molar-refractivity contribution < 1.29 is 35.9 Å². The number of ether oxygens (including phenoxy) is 1. The predicted octanol–water partition coefficient (Wildman–Crippen LogP) is 4.99. The summed E-state index contributed by atoms with van der Waals surface area (Å²) in [5, 5.41) is 6.10. The molecule has 0 radical (unpaired) electrons. The van der Waals surface area contributed by atoms with Crippen molar-refractivity contribution in [1.29, 1.82) is 0 Å². The third-order valence-corrected chi connectivity index (χ3v) is 6.68. The number of hydrogen-bond acceptors (Lipinski definition) is 3. The van der Waals surface area contributed by atoms with E-state index in [9.17, 15) is 31.1 Å². The lowest BCUT2D eigenvalue weighted by Crippen LogP contribution is -2.72. The summed E-state index contributed by atoms with van der Waals surface area (Å²) in [6, 6.07) is 11.0. The second-order valence-electron chi connectivity index (χ2n) is 9.20. The minimum absolute atomic E-state index is 0.0993. The number of amides is 1. The van der Waals surface area contributed by atoms with Crippen molar-refractivity contribution in [3.63, 3.8) is 0 Å². The monoisotopic (exact) mass is 486 g/mol. The Balaban J connectivity index is 1.56. The number of carbonyl (C=O) groups is 1. The Morgan fingerprint density at radius 2 is 1.56 bits per heavy atom. The van der Waals surface area contributed by atoms with Gasteiger partial charge in [0.05, 0.1) is 30.4 Å². The highest BCUT2D eigenvalue weighted by atomic mass is 19.4. The number of alkyl halides is 6. The largest absolute Gasteiger partial charge is 0.416 e. The summed E-state index contributed by atoms with van der Waals surface area (Å²) >= 11 is 0. The molecular formula is C24H24F6N2O2. The summed E-state index contributed by atoms with van der Waals surface area (Å²) in [5.41, 5.74) is -2.77. The normalized spacial score (nSPS) is 26.1. The molecule has 0 unspecified atom stereocenters. The van der Waals surface area contributed by atoms with Crippen LogP contribution in [0.4, 0.5) is 26.3 Å². The van der Waals surface area contributed by atoms with Crippen LogP contribution in [0.5, 0.6) is 0 Å². The molecule has 2 N–H and O–H groups in total. The van der Waals surface area contributed by atoms with E-state index < -0.39 is 35.0 Å². The number of piperazine rings is 1. The molecule has 4 nitrogen and oxygen atoms in total. The number of hydrogen-bond donors (Lipinski definition) is 2. The maximum atomic E-state index is 13.2. The van der Waals surface area contributed by atoms with Crippen molar-refractivity contribution in [2.45, 2.75) is 49.2 Å². The van der Waals surface area contributed by atoms with Gasteiger partial charge in [-0.15, -0.1) is 0 Å². The Labute approximate surface area is 192 Å². The van der Waals surface area contributed by atoms with Crippen LogP contribution in [-0.4, -0.2) is 31.1 Å². The molecule has 2 aromatic carbocycles. The molecule has 1 atom stereocenters. The van der Waals surface area contributed by atoms with Crippen LogP contribution < -0.4 is 10.6 Å². The predicted molar refractivity (Wildman–Crippen MR) is 112 cm³/mol. The van der Waals surface area contributed by atoms with Crippen LogP contribution in [0.2, 0.25) is 0 Å². The van der Waals surface area contributed by atoms with Gasteiger partial charge in [-0.1, -0.05) is 30.3 Å². The average Bonchev–Trinajstić information content (AvgIpc) is 2.76. The van der Waals surface area contributed by atoms with E-state index in [2.05, 4.69) is 10.6 Å². The lowest BCUT2D eigenvalue weighted by molar-refractivity contribution is -0.143. The van der Waals surface area contributed by atoms with Gasteiger partial charge >= 0.3 is 12.4 Å². The molecule has 1 aliphatic heterocycles. The number of nitrogens with one attached hydrogen (secondary N) is 2. The molecule has 2 fully saturated rings. The fraction of sp³-hybridized carbons (Fsp3) is 0.458. The average molecular weight is 486 g/mol. The zero-order chi connectivity index (χ0) is 24.8. The SMILES string of the molecule is C[C@@H](OCC1(c2ccccc2)CC2(CNC(=O)CN2)C1)c1cc(C(F)(F)F)cc(C(F)(F)F)c1. The summed E-state index contributed by atoms with van der Waals surface area (Å²) in [6.45, 7) is 2.18. The summed E-state index contributed by atoms with van der Waals surface area (Å²) in [5.74, 6) is -0.0993. The molecule has 184 valence electrons. The van der Waals surface area contributed by atoms with Crippen LogP contribution in [-0.2, 0) is 27.3 Å². The van der Waals surface area contributed by atoms with E-state index in [1.165, 1.54) is 6.92 Å². The molecule has 4 rings (SSSR count). The zero-order valence-electron chi connectivity index (χ0n) is 18.3. The third kappa shape index (κ3) is 4.93. The summed E-state index contributed by atoms with van der Waals surface area (Å²) in [7, 11) is 0. The first-order valence-corrected chi connectivity index (χ1v) is 10.8. The molecule has 1 spiro atoms. The number of rotatable bonds is 5. The highest BCUT2D eigenvalue weighted by Gasteiger charge is 2.56. The first kappa shape index (κ1) is 24.5. The third-order valence-electron chi connectivity index (χ3n) is 6.68. The Hall–Kier alpha value is -2.59. The van der Waals surface area contributed by atoms with Crippen LogP contribution in [0, 0.1) is 0 Å². The number of benzene rings is 2. The van der Waals surface area contributed by atoms with Gasteiger partial charge < -0.3 is 15.4 Å². The molecule has 2 aliphatic rings. The highest BCUT2D eigenvalue weighted by molar-refractivity contribution is 5.79. The van der Waals surface area contributed by atoms with Crippen LogP contribution in [0.25, 0.3) is 0 Å². The van der Waals surface area contributed by atoms with E-state index in [0.717, 1.165) is 5.56 Å². The molecular weight excluding hydrogens is 462 g/mol. The lowest BCUT2D eigenvalue weighted by Gasteiger charge is -2.58. The Bertz CT molecular complexity index is 1000. The van der Waals surface area contributed by atoms with Gasteiger partial charge in [0.25, 0.3) is 0 Å². The fourth-order valence-corrected chi connectivity index (χ4v) is 4.93. The quantitative estimate of drug-likeness (QED) is 0.586. The Kier molecular flexibility index (Phi) is 6.18. The molecule has 2 aromatic rings. The minimum atomic E-state index is -4.92. The van der Waals surface area contributed by atoms with Crippen LogP contribution in [0.1, 0.15) is 48.1 Å². The van der Waals surface area contributed by atoms with Gasteiger partial charge in [-0.05, 0) is 49.1 Å². The maximum absolute atomic E-state index is 13.2. The highest BCUT2D eigenvalue weighted by Crippen LogP contribution is 2.51. The molecule has 10 heteroatoms. The first-order chi connectivity index (χ1) is 15.8. The van der Waals surface area contributed by atoms with E-state index in [4.69, 9.17) is 4.74 Å². The standard InChI is InChI=1S/C24H24F6N2O2/c1-15(16-7-18(23(25,26)27)9-19(8-16)24(28,29)30)34-14-21(17-5-3-2-4-6-17)11-22(12-21)13-31-20(33)10-32-22/h2-9,15,32H,10-14H2,1H3,(H,31,33)/t15-,21?,22?/m1/s1. The summed E-state index contributed by atoms with van der Waals surface area (Å²) in [6.07, 6.45) is -9.63. The van der Waals surface area contributed by atoms with Gasteiger partial charge in [0, 0.05) is 17.5 Å². The molecule has 1 saturated heterocycles. The Morgan fingerprint density at radius 1 is 0.971 bits per heavy atom. The van der Waals surface area contributed by atoms with E-state index in [-0.39, 0.29) is 36.2 Å². The van der Waals surface area contributed by atoms with Crippen LogP contribution in [0.15, 0.2) is 48.5 Å². The van der Waals surface area contributed by atoms with Crippen LogP contribution in [0.3, 0.4) is 0 Å². The minimum Gasteiger partial charge on any atom is -0.373 e. The molecule has 1 amide bonds. The van der Waals surface area contributed by atoms with Gasteiger partial charge in [-0.2, -0.15) is 26.3 Å². The Morgan fingerprint density at radius 3 is 2.06 bits per heavy atom. The molecule has 1 saturated carbocycles. The van der Waals surface area contributed by atoms with Crippen molar-refractivity contribution in [1.82, 2.24) is 10.6 Å². The van der Waals surface area contributed by atoms with E-state index >= 15 is 0 Å². The van der Waals surface area contributed by atoms with Gasteiger partial charge in [0.15, 0.2) is 0 Å². The van der Waals surface area contributed by atoms with E-state index in [1.54, 1.807) is 0 Å².